The van der Waals surface area contributed by atoms with Crippen molar-refractivity contribution in [3.8, 4) is 6.07 Å². The van der Waals surface area contributed by atoms with Gasteiger partial charge >= 0.3 is 0 Å². The summed E-state index contributed by atoms with van der Waals surface area (Å²) in [4.78, 5) is 7.18. The summed E-state index contributed by atoms with van der Waals surface area (Å²) in [6, 6.07) is 9.38. The van der Waals surface area contributed by atoms with Crippen molar-refractivity contribution in [2.45, 2.75) is 0 Å². The number of aromatic amines is 1. The normalized spacial score (nSPS) is 11.3. The zero-order chi connectivity index (χ0) is 10.7. The topological polar surface area (TPSA) is 84.7 Å². The Labute approximate surface area is 85.6 Å². The third-order valence-corrected chi connectivity index (χ3v) is 1.97. The first kappa shape index (κ1) is 9.24. The van der Waals surface area contributed by atoms with Crippen molar-refractivity contribution in [2.24, 2.45) is 0 Å². The summed E-state index contributed by atoms with van der Waals surface area (Å²) < 4.78 is 0. The highest BCUT2D eigenvalue weighted by Crippen LogP contribution is 2.15. The second kappa shape index (κ2) is 3.82. The molecule has 0 radical (unpaired) electrons. The molecule has 1 heterocycles. The van der Waals surface area contributed by atoms with Gasteiger partial charge in [0.25, 0.3) is 0 Å². The van der Waals surface area contributed by atoms with Gasteiger partial charge in [-0.3, -0.25) is 10.7 Å². The minimum Gasteiger partial charge on any atom is -0.337 e. The number of rotatable bonds is 2. The van der Waals surface area contributed by atoms with Crippen LogP contribution in [0, 0.1) is 11.3 Å². The predicted octanol–water partition coefficient (Wildman–Crippen LogP) is 1.41. The lowest BCUT2D eigenvalue weighted by Gasteiger charge is -1.90. The smallest absolute Gasteiger partial charge is 0.150 e. The number of hydrogen-bond donors (Lipinski definition) is 3. The summed E-state index contributed by atoms with van der Waals surface area (Å²) >= 11 is 0. The maximum absolute atomic E-state index is 8.81. The highest BCUT2D eigenvalue weighted by Gasteiger charge is 2.06. The van der Waals surface area contributed by atoms with Crippen LogP contribution in [0.5, 0.6) is 0 Å². The number of hydroxylamine groups is 1. The highest BCUT2D eigenvalue weighted by molar-refractivity contribution is 5.81. The number of imidazole rings is 1. The highest BCUT2D eigenvalue weighted by atomic mass is 16.5. The number of nitriles is 1. The summed E-state index contributed by atoms with van der Waals surface area (Å²) in [5, 5.41) is 17.3. The van der Waals surface area contributed by atoms with Crippen LogP contribution in [-0.2, 0) is 0 Å². The number of benzene rings is 1. The van der Waals surface area contributed by atoms with Crippen molar-refractivity contribution in [3.63, 3.8) is 0 Å². The number of para-hydroxylation sites is 2. The van der Waals surface area contributed by atoms with Crippen LogP contribution in [0.25, 0.3) is 16.6 Å². The first-order chi connectivity index (χ1) is 7.35. The van der Waals surface area contributed by atoms with Gasteiger partial charge in [-0.1, -0.05) is 12.1 Å². The van der Waals surface area contributed by atoms with Gasteiger partial charge in [-0.05, 0) is 12.1 Å². The third-order valence-electron chi connectivity index (χ3n) is 1.97. The molecule has 0 saturated carbocycles. The van der Waals surface area contributed by atoms with Gasteiger partial charge in [-0.25, -0.2) is 4.98 Å². The van der Waals surface area contributed by atoms with E-state index in [1.165, 1.54) is 6.20 Å². The quantitative estimate of drug-likeness (QED) is 0.505. The molecule has 1 aromatic heterocycles. The molecule has 0 amide bonds. The lowest BCUT2D eigenvalue weighted by molar-refractivity contribution is 0.215. The number of allylic oxidation sites excluding steroid dienone is 1. The van der Waals surface area contributed by atoms with E-state index in [0.29, 0.717) is 5.82 Å². The van der Waals surface area contributed by atoms with Gasteiger partial charge in [0.1, 0.15) is 11.6 Å². The molecule has 0 aliphatic carbocycles. The molecule has 0 fully saturated rings. The van der Waals surface area contributed by atoms with Crippen LogP contribution in [0.4, 0.5) is 0 Å². The molecular weight excluding hydrogens is 192 g/mol. The molecule has 0 bridgehead atoms. The fourth-order valence-electron chi connectivity index (χ4n) is 1.30. The summed E-state index contributed by atoms with van der Waals surface area (Å²) in [6.07, 6.45) is 1.18. The Morgan fingerprint density at radius 1 is 1.53 bits per heavy atom. The van der Waals surface area contributed by atoms with Crippen molar-refractivity contribution in [2.75, 3.05) is 0 Å². The second-order valence-corrected chi connectivity index (χ2v) is 2.90. The van der Waals surface area contributed by atoms with Crippen LogP contribution in [0.1, 0.15) is 5.82 Å². The van der Waals surface area contributed by atoms with Gasteiger partial charge < -0.3 is 4.98 Å². The fourth-order valence-corrected chi connectivity index (χ4v) is 1.30. The van der Waals surface area contributed by atoms with Crippen LogP contribution in [0.2, 0.25) is 0 Å². The number of H-pyrrole nitrogens is 1. The molecule has 15 heavy (non-hydrogen) atoms. The number of fused-ring (bicyclic) bond motifs is 1. The van der Waals surface area contributed by atoms with Crippen LogP contribution >= 0.6 is 0 Å². The molecular formula is C10H8N4O. The Kier molecular flexibility index (Phi) is 2.35. The van der Waals surface area contributed by atoms with Gasteiger partial charge in [0, 0.05) is 6.20 Å². The molecule has 0 spiro atoms. The van der Waals surface area contributed by atoms with Gasteiger partial charge in [-0.2, -0.15) is 5.26 Å². The first-order valence-corrected chi connectivity index (χ1v) is 4.30. The molecule has 0 aliphatic heterocycles. The number of nitrogens with one attached hydrogen (secondary N) is 2. The monoisotopic (exact) mass is 200 g/mol. The standard InChI is InChI=1S/C10H8N4O/c11-5-7(6-12-15)10-13-8-3-1-2-4-9(8)14-10/h1-4,6,12,15H,(H,13,14)/b7-6+. The predicted molar refractivity (Wildman–Crippen MR) is 54.6 cm³/mol. The minimum atomic E-state index is 0.244. The van der Waals surface area contributed by atoms with Gasteiger partial charge in [0.05, 0.1) is 11.0 Å². The van der Waals surface area contributed by atoms with E-state index in [9.17, 15) is 0 Å². The van der Waals surface area contributed by atoms with Gasteiger partial charge in [0.2, 0.25) is 0 Å². The Hall–Kier alpha value is -2.32. The Morgan fingerprint density at radius 2 is 2.33 bits per heavy atom. The lowest BCUT2D eigenvalue weighted by atomic mass is 10.3. The Balaban J connectivity index is 2.54. The van der Waals surface area contributed by atoms with E-state index in [1.54, 1.807) is 0 Å². The van der Waals surface area contributed by atoms with E-state index < -0.39 is 0 Å². The van der Waals surface area contributed by atoms with Gasteiger partial charge in [-0.15, -0.1) is 0 Å². The molecule has 1 aromatic carbocycles. The summed E-state index contributed by atoms with van der Waals surface area (Å²) in [5.74, 6) is 0.431. The molecule has 74 valence electrons. The molecule has 2 rings (SSSR count). The lowest BCUT2D eigenvalue weighted by Crippen LogP contribution is -1.97. The number of nitrogens with zero attached hydrogens (tertiary/aromatic N) is 2. The summed E-state index contributed by atoms with van der Waals surface area (Å²) in [5.41, 5.74) is 3.70. The molecule has 0 saturated heterocycles. The summed E-state index contributed by atoms with van der Waals surface area (Å²) in [7, 11) is 0. The zero-order valence-corrected chi connectivity index (χ0v) is 7.73. The van der Waals surface area contributed by atoms with E-state index in [-0.39, 0.29) is 5.57 Å². The largest absolute Gasteiger partial charge is 0.337 e. The van der Waals surface area contributed by atoms with Crippen molar-refractivity contribution in [1.82, 2.24) is 15.4 Å². The molecule has 0 unspecified atom stereocenters. The first-order valence-electron chi connectivity index (χ1n) is 4.30. The summed E-state index contributed by atoms with van der Waals surface area (Å²) in [6.45, 7) is 0. The van der Waals surface area contributed by atoms with E-state index in [2.05, 4.69) is 9.97 Å². The van der Waals surface area contributed by atoms with Crippen LogP contribution in [0.15, 0.2) is 30.5 Å². The fraction of sp³-hybridized carbons (Fsp3) is 0. The maximum atomic E-state index is 8.81. The molecule has 5 nitrogen and oxygen atoms in total. The molecule has 0 atom stereocenters. The second-order valence-electron chi connectivity index (χ2n) is 2.90. The maximum Gasteiger partial charge on any atom is 0.150 e. The Bertz CT molecular complexity index is 517. The molecule has 2 aromatic rings. The van der Waals surface area contributed by atoms with E-state index in [0.717, 1.165) is 11.0 Å². The van der Waals surface area contributed by atoms with Crippen molar-refractivity contribution < 1.29 is 5.21 Å². The average molecular weight is 200 g/mol. The van der Waals surface area contributed by atoms with Gasteiger partial charge in [0.15, 0.2) is 5.82 Å². The zero-order valence-electron chi connectivity index (χ0n) is 7.73. The Morgan fingerprint density at radius 3 is 3.00 bits per heavy atom. The van der Waals surface area contributed by atoms with E-state index in [1.807, 2.05) is 35.8 Å². The average Bonchev–Trinajstić information content (AvgIpc) is 2.69. The SMILES string of the molecule is N#C/C(=C\NO)c1nc2ccccc2[nH]1. The van der Waals surface area contributed by atoms with E-state index >= 15 is 0 Å². The number of aromatic nitrogens is 2. The third kappa shape index (κ3) is 1.66. The van der Waals surface area contributed by atoms with E-state index in [4.69, 9.17) is 10.5 Å². The van der Waals surface area contributed by atoms with Crippen molar-refractivity contribution in [3.05, 3.63) is 36.3 Å². The van der Waals surface area contributed by atoms with Crippen LogP contribution in [0.3, 0.4) is 0 Å². The molecule has 5 heteroatoms. The molecule has 3 N–H and O–H groups in total. The molecule has 0 aliphatic rings. The minimum absolute atomic E-state index is 0.244. The van der Waals surface area contributed by atoms with Crippen molar-refractivity contribution >= 4 is 16.6 Å². The van der Waals surface area contributed by atoms with Crippen LogP contribution < -0.4 is 5.48 Å². The van der Waals surface area contributed by atoms with Crippen LogP contribution in [-0.4, -0.2) is 15.2 Å². The van der Waals surface area contributed by atoms with Crippen molar-refractivity contribution in [1.29, 1.82) is 5.26 Å². The number of hydrogen-bond acceptors (Lipinski definition) is 4.